The molecule has 0 amide bonds. The van der Waals surface area contributed by atoms with Crippen LogP contribution in [0.2, 0.25) is 0 Å². The number of carbonyl (C=O) groups is 1. The fraction of sp³-hybridized carbons (Fsp3) is 0.111. The highest BCUT2D eigenvalue weighted by molar-refractivity contribution is 5.88. The summed E-state index contributed by atoms with van der Waals surface area (Å²) in [7, 11) is 0. The normalized spacial score (nSPS) is 10.6. The zero-order chi connectivity index (χ0) is 10.1. The van der Waals surface area contributed by atoms with Crippen molar-refractivity contribution in [3.8, 4) is 0 Å². The van der Waals surface area contributed by atoms with E-state index in [2.05, 4.69) is 4.98 Å². The van der Waals surface area contributed by atoms with Gasteiger partial charge in [0, 0.05) is 12.4 Å². The number of pyridine rings is 1. The number of rotatable bonds is 2. The van der Waals surface area contributed by atoms with E-state index in [9.17, 15) is 4.79 Å². The van der Waals surface area contributed by atoms with Crippen LogP contribution in [-0.2, 0) is 6.61 Å². The summed E-state index contributed by atoms with van der Waals surface area (Å²) in [5, 5.41) is 17.5. The molecule has 5 heteroatoms. The summed E-state index contributed by atoms with van der Waals surface area (Å²) in [6.45, 7) is -0.149. The van der Waals surface area contributed by atoms with E-state index in [0.717, 1.165) is 0 Å². The van der Waals surface area contributed by atoms with Crippen molar-refractivity contribution in [2.45, 2.75) is 6.61 Å². The van der Waals surface area contributed by atoms with Gasteiger partial charge in [-0.05, 0) is 12.1 Å². The third-order valence-electron chi connectivity index (χ3n) is 1.92. The molecule has 2 aromatic rings. The van der Waals surface area contributed by atoms with E-state index in [4.69, 9.17) is 10.2 Å². The van der Waals surface area contributed by atoms with Crippen molar-refractivity contribution in [2.24, 2.45) is 0 Å². The molecule has 0 aliphatic heterocycles. The Morgan fingerprint density at radius 3 is 3.00 bits per heavy atom. The molecule has 2 rings (SSSR count). The molecular weight excluding hydrogens is 184 g/mol. The summed E-state index contributed by atoms with van der Waals surface area (Å²) in [5.74, 6) is -0.985. The van der Waals surface area contributed by atoms with Gasteiger partial charge in [-0.1, -0.05) is 0 Å². The fourth-order valence-corrected chi connectivity index (χ4v) is 1.24. The quantitative estimate of drug-likeness (QED) is 0.727. The van der Waals surface area contributed by atoms with Crippen molar-refractivity contribution in [1.29, 1.82) is 0 Å². The summed E-state index contributed by atoms with van der Waals surface area (Å²) in [5.41, 5.74) is 1.23. The predicted molar refractivity (Wildman–Crippen MR) is 48.1 cm³/mol. The molecule has 5 nitrogen and oxygen atoms in total. The number of aliphatic hydroxyl groups is 1. The van der Waals surface area contributed by atoms with E-state index in [1.165, 1.54) is 12.1 Å². The molecule has 0 unspecified atom stereocenters. The van der Waals surface area contributed by atoms with Crippen LogP contribution in [0.1, 0.15) is 16.1 Å². The number of hydrogen-bond donors (Lipinski definition) is 2. The Morgan fingerprint density at radius 1 is 1.57 bits per heavy atom. The Kier molecular flexibility index (Phi) is 1.94. The van der Waals surface area contributed by atoms with E-state index in [0.29, 0.717) is 11.3 Å². The number of nitrogens with zero attached hydrogens (tertiary/aromatic N) is 2. The van der Waals surface area contributed by atoms with Crippen LogP contribution in [0.3, 0.4) is 0 Å². The lowest BCUT2D eigenvalue weighted by molar-refractivity contribution is 0.0697. The first-order valence-electron chi connectivity index (χ1n) is 4.02. The zero-order valence-electron chi connectivity index (χ0n) is 7.21. The average Bonchev–Trinajstić information content (AvgIpc) is 2.58. The largest absolute Gasteiger partial charge is 0.478 e. The molecule has 0 spiro atoms. The lowest BCUT2D eigenvalue weighted by atomic mass is 10.3. The molecule has 0 fully saturated rings. The number of aliphatic hydroxyl groups excluding tert-OH is 1. The van der Waals surface area contributed by atoms with Crippen LogP contribution in [0.4, 0.5) is 0 Å². The molecule has 0 atom stereocenters. The topological polar surface area (TPSA) is 74.8 Å². The van der Waals surface area contributed by atoms with E-state index in [-0.39, 0.29) is 12.2 Å². The highest BCUT2D eigenvalue weighted by Crippen LogP contribution is 2.08. The maximum Gasteiger partial charge on any atom is 0.335 e. The summed E-state index contributed by atoms with van der Waals surface area (Å²) >= 11 is 0. The van der Waals surface area contributed by atoms with Crippen LogP contribution in [0.25, 0.3) is 5.65 Å². The number of carboxylic acid groups (broad SMARTS) is 1. The van der Waals surface area contributed by atoms with Crippen LogP contribution in [0.15, 0.2) is 24.5 Å². The molecular formula is C9H8N2O3. The van der Waals surface area contributed by atoms with E-state index in [1.807, 2.05) is 0 Å². The van der Waals surface area contributed by atoms with Gasteiger partial charge in [0.25, 0.3) is 0 Å². The second kappa shape index (κ2) is 3.12. The summed E-state index contributed by atoms with van der Waals surface area (Å²) in [4.78, 5) is 14.7. The SMILES string of the molecule is O=C(O)c1ccn2cc(CO)nc2c1. The molecule has 72 valence electrons. The van der Waals surface area contributed by atoms with Gasteiger partial charge in [0.15, 0.2) is 0 Å². The first kappa shape index (κ1) is 8.71. The Bertz CT molecular complexity index is 490. The Hall–Kier alpha value is -1.88. The average molecular weight is 192 g/mol. The second-order valence-corrected chi connectivity index (χ2v) is 2.88. The van der Waals surface area contributed by atoms with Crippen LogP contribution < -0.4 is 0 Å². The highest BCUT2D eigenvalue weighted by Gasteiger charge is 2.05. The number of hydrogen-bond acceptors (Lipinski definition) is 3. The molecule has 0 radical (unpaired) electrons. The number of imidazole rings is 1. The summed E-state index contributed by atoms with van der Waals surface area (Å²) in [6.07, 6.45) is 3.26. The molecule has 0 aliphatic carbocycles. The van der Waals surface area contributed by atoms with E-state index < -0.39 is 5.97 Å². The van der Waals surface area contributed by atoms with Gasteiger partial charge < -0.3 is 14.6 Å². The van der Waals surface area contributed by atoms with Gasteiger partial charge in [0.05, 0.1) is 17.9 Å². The van der Waals surface area contributed by atoms with Crippen molar-refractivity contribution in [3.05, 3.63) is 35.8 Å². The third kappa shape index (κ3) is 1.33. The predicted octanol–water partition coefficient (Wildman–Crippen LogP) is 0.525. The van der Waals surface area contributed by atoms with Gasteiger partial charge in [-0.15, -0.1) is 0 Å². The first-order valence-corrected chi connectivity index (χ1v) is 4.02. The Balaban J connectivity index is 2.59. The molecule has 0 saturated carbocycles. The van der Waals surface area contributed by atoms with Gasteiger partial charge in [-0.3, -0.25) is 0 Å². The minimum Gasteiger partial charge on any atom is -0.478 e. The van der Waals surface area contributed by atoms with E-state index >= 15 is 0 Å². The van der Waals surface area contributed by atoms with Gasteiger partial charge in [0.1, 0.15) is 5.65 Å². The third-order valence-corrected chi connectivity index (χ3v) is 1.92. The molecule has 0 saturated heterocycles. The monoisotopic (exact) mass is 192 g/mol. The number of aromatic carboxylic acids is 1. The van der Waals surface area contributed by atoms with E-state index in [1.54, 1.807) is 16.8 Å². The highest BCUT2D eigenvalue weighted by atomic mass is 16.4. The molecule has 0 bridgehead atoms. The van der Waals surface area contributed by atoms with Gasteiger partial charge in [0.2, 0.25) is 0 Å². The second-order valence-electron chi connectivity index (χ2n) is 2.88. The van der Waals surface area contributed by atoms with Crippen LogP contribution >= 0.6 is 0 Å². The minimum atomic E-state index is -0.985. The first-order chi connectivity index (χ1) is 6.70. The Morgan fingerprint density at radius 2 is 2.36 bits per heavy atom. The molecule has 14 heavy (non-hydrogen) atoms. The van der Waals surface area contributed by atoms with Crippen LogP contribution in [0.5, 0.6) is 0 Å². The minimum absolute atomic E-state index is 0.149. The smallest absolute Gasteiger partial charge is 0.335 e. The van der Waals surface area contributed by atoms with Crippen molar-refractivity contribution in [2.75, 3.05) is 0 Å². The number of aromatic nitrogens is 2. The van der Waals surface area contributed by atoms with Gasteiger partial charge in [-0.25, -0.2) is 9.78 Å². The molecule has 0 aromatic carbocycles. The molecule has 2 aromatic heterocycles. The zero-order valence-corrected chi connectivity index (χ0v) is 7.21. The standard InChI is InChI=1S/C9H8N2O3/c12-5-7-4-11-2-1-6(9(13)14)3-8(11)10-7/h1-4,12H,5H2,(H,13,14). The van der Waals surface area contributed by atoms with Gasteiger partial charge in [-0.2, -0.15) is 0 Å². The number of carboxylic acids is 1. The lowest BCUT2D eigenvalue weighted by Gasteiger charge is -1.94. The maximum atomic E-state index is 10.6. The van der Waals surface area contributed by atoms with Crippen molar-refractivity contribution >= 4 is 11.6 Å². The fourth-order valence-electron chi connectivity index (χ4n) is 1.24. The van der Waals surface area contributed by atoms with Crippen molar-refractivity contribution in [3.63, 3.8) is 0 Å². The summed E-state index contributed by atoms with van der Waals surface area (Å²) < 4.78 is 1.66. The van der Waals surface area contributed by atoms with Crippen LogP contribution in [0, 0.1) is 0 Å². The molecule has 0 aliphatic rings. The summed E-state index contributed by atoms with van der Waals surface area (Å²) in [6, 6.07) is 2.94. The van der Waals surface area contributed by atoms with Crippen molar-refractivity contribution in [1.82, 2.24) is 9.38 Å². The molecule has 2 heterocycles. The molecule has 2 N–H and O–H groups in total. The van der Waals surface area contributed by atoms with Gasteiger partial charge >= 0.3 is 5.97 Å². The van der Waals surface area contributed by atoms with Crippen LogP contribution in [-0.4, -0.2) is 25.6 Å². The Labute approximate surface area is 79.2 Å². The number of fused-ring (bicyclic) bond motifs is 1. The maximum absolute atomic E-state index is 10.6. The lowest BCUT2D eigenvalue weighted by Crippen LogP contribution is -1.96. The van der Waals surface area contributed by atoms with Crippen molar-refractivity contribution < 1.29 is 15.0 Å².